The lowest BCUT2D eigenvalue weighted by atomic mass is 10.00. The molecule has 5 rings (SSSR count). The molecular formula is C26H27N3O5S. The summed E-state index contributed by atoms with van der Waals surface area (Å²) in [6.45, 7) is 4.78. The zero-order chi connectivity index (χ0) is 24.7. The van der Waals surface area contributed by atoms with Gasteiger partial charge in [-0.15, -0.1) is 0 Å². The van der Waals surface area contributed by atoms with Crippen molar-refractivity contribution in [3.63, 3.8) is 0 Å². The number of hydrogen-bond donors (Lipinski definition) is 0. The molecule has 0 saturated carbocycles. The number of furan rings is 1. The first-order chi connectivity index (χ1) is 16.7. The van der Waals surface area contributed by atoms with Gasteiger partial charge in [0.15, 0.2) is 15.6 Å². The smallest absolute Gasteiger partial charge is 0.294 e. The molecule has 1 fully saturated rings. The lowest BCUT2D eigenvalue weighted by molar-refractivity contribution is -0.117. The van der Waals surface area contributed by atoms with Gasteiger partial charge in [-0.2, -0.15) is 0 Å². The van der Waals surface area contributed by atoms with E-state index in [1.807, 2.05) is 49.4 Å². The van der Waals surface area contributed by atoms with Gasteiger partial charge in [-0.3, -0.25) is 9.59 Å². The van der Waals surface area contributed by atoms with E-state index in [-0.39, 0.29) is 35.1 Å². The molecule has 182 valence electrons. The number of carbonyl (C=O) groups excluding carboxylic acids is 2. The van der Waals surface area contributed by atoms with Crippen molar-refractivity contribution in [2.45, 2.75) is 19.9 Å². The lowest BCUT2D eigenvalue weighted by Gasteiger charge is -2.40. The molecule has 2 aliphatic heterocycles. The van der Waals surface area contributed by atoms with Gasteiger partial charge in [0.05, 0.1) is 35.2 Å². The normalized spacial score (nSPS) is 19.4. The SMILES string of the molecule is CC(=O)N1c2ccc(-c3ccc(N4CCS(=O)(=O)CC4)cc3)cc2N(C(=O)c2ccco2)C[C@@H]1C. The van der Waals surface area contributed by atoms with Gasteiger partial charge in [0.1, 0.15) is 0 Å². The first kappa shape index (κ1) is 23.2. The Morgan fingerprint density at radius 2 is 1.63 bits per heavy atom. The lowest BCUT2D eigenvalue weighted by Crippen LogP contribution is -2.51. The van der Waals surface area contributed by atoms with Gasteiger partial charge in [0.25, 0.3) is 5.91 Å². The van der Waals surface area contributed by atoms with E-state index < -0.39 is 9.84 Å². The van der Waals surface area contributed by atoms with Crippen LogP contribution in [0.5, 0.6) is 0 Å². The van der Waals surface area contributed by atoms with Crippen LogP contribution in [0.3, 0.4) is 0 Å². The molecule has 3 heterocycles. The minimum atomic E-state index is -2.94. The first-order valence-corrected chi connectivity index (χ1v) is 13.4. The largest absolute Gasteiger partial charge is 0.459 e. The third kappa shape index (κ3) is 4.43. The average molecular weight is 494 g/mol. The number of benzene rings is 2. The van der Waals surface area contributed by atoms with Crippen LogP contribution in [0.25, 0.3) is 11.1 Å². The Morgan fingerprint density at radius 3 is 2.26 bits per heavy atom. The molecule has 1 atom stereocenters. The highest BCUT2D eigenvalue weighted by molar-refractivity contribution is 7.91. The maximum Gasteiger partial charge on any atom is 0.294 e. The highest BCUT2D eigenvalue weighted by atomic mass is 32.2. The Kier molecular flexibility index (Phi) is 5.88. The van der Waals surface area contributed by atoms with Crippen molar-refractivity contribution in [2.24, 2.45) is 0 Å². The molecule has 0 N–H and O–H groups in total. The van der Waals surface area contributed by atoms with Crippen molar-refractivity contribution in [3.8, 4) is 11.1 Å². The van der Waals surface area contributed by atoms with Crippen molar-refractivity contribution >= 4 is 38.7 Å². The highest BCUT2D eigenvalue weighted by Crippen LogP contribution is 2.39. The van der Waals surface area contributed by atoms with Crippen LogP contribution in [0.2, 0.25) is 0 Å². The van der Waals surface area contributed by atoms with E-state index >= 15 is 0 Å². The number of rotatable bonds is 3. The monoisotopic (exact) mass is 493 g/mol. The van der Waals surface area contributed by atoms with Gasteiger partial charge in [0, 0.05) is 32.2 Å². The van der Waals surface area contributed by atoms with Crippen molar-refractivity contribution in [3.05, 3.63) is 66.6 Å². The third-order valence-corrected chi connectivity index (χ3v) is 8.25. The maximum absolute atomic E-state index is 13.2. The Labute approximate surface area is 204 Å². The van der Waals surface area contributed by atoms with Crippen LogP contribution in [0, 0.1) is 0 Å². The van der Waals surface area contributed by atoms with Crippen molar-refractivity contribution in [2.75, 3.05) is 45.8 Å². The van der Waals surface area contributed by atoms with Crippen molar-refractivity contribution in [1.29, 1.82) is 0 Å². The van der Waals surface area contributed by atoms with Gasteiger partial charge in [-0.25, -0.2) is 8.42 Å². The Bertz CT molecular complexity index is 1350. The van der Waals surface area contributed by atoms with Crippen LogP contribution in [0.4, 0.5) is 17.1 Å². The molecule has 3 aromatic rings. The summed E-state index contributed by atoms with van der Waals surface area (Å²) < 4.78 is 28.8. The molecule has 2 aromatic carbocycles. The zero-order valence-electron chi connectivity index (χ0n) is 19.7. The molecule has 0 radical (unpaired) electrons. The number of amides is 2. The number of anilines is 3. The Hall–Kier alpha value is -3.59. The molecule has 1 aromatic heterocycles. The molecule has 2 amide bonds. The fourth-order valence-corrected chi connectivity index (χ4v) is 6.05. The molecule has 0 unspecified atom stereocenters. The summed E-state index contributed by atoms with van der Waals surface area (Å²) in [5.41, 5.74) is 4.19. The van der Waals surface area contributed by atoms with Gasteiger partial charge in [0.2, 0.25) is 5.91 Å². The standard InChI is InChI=1S/C26H27N3O5S/c1-18-17-28(26(31)25-4-3-13-34-25)24-16-21(7-10-23(24)29(18)19(2)30)20-5-8-22(9-6-20)27-11-14-35(32,33)15-12-27/h3-10,13,16,18H,11-12,14-15,17H2,1-2H3/t18-/m0/s1. The van der Waals surface area contributed by atoms with E-state index in [0.29, 0.717) is 31.0 Å². The van der Waals surface area contributed by atoms with E-state index in [1.165, 1.54) is 13.2 Å². The first-order valence-electron chi connectivity index (χ1n) is 11.6. The summed E-state index contributed by atoms with van der Waals surface area (Å²) in [7, 11) is -2.94. The van der Waals surface area contributed by atoms with E-state index in [2.05, 4.69) is 4.90 Å². The zero-order valence-corrected chi connectivity index (χ0v) is 20.5. The van der Waals surface area contributed by atoms with E-state index in [0.717, 1.165) is 16.8 Å². The van der Waals surface area contributed by atoms with Gasteiger partial charge >= 0.3 is 0 Å². The van der Waals surface area contributed by atoms with Crippen LogP contribution in [-0.4, -0.2) is 57.4 Å². The quantitative estimate of drug-likeness (QED) is 0.554. The highest BCUT2D eigenvalue weighted by Gasteiger charge is 2.35. The topological polar surface area (TPSA) is 91.1 Å². The summed E-state index contributed by atoms with van der Waals surface area (Å²) in [6, 6.07) is 16.9. The molecule has 0 aliphatic carbocycles. The van der Waals surface area contributed by atoms with Crippen molar-refractivity contribution in [1.82, 2.24) is 0 Å². The summed E-state index contributed by atoms with van der Waals surface area (Å²) >= 11 is 0. The summed E-state index contributed by atoms with van der Waals surface area (Å²) in [5.74, 6) is 0.259. The fraction of sp³-hybridized carbons (Fsp3) is 0.308. The number of fused-ring (bicyclic) bond motifs is 1. The molecule has 9 heteroatoms. The minimum Gasteiger partial charge on any atom is -0.459 e. The molecule has 0 bridgehead atoms. The third-order valence-electron chi connectivity index (χ3n) is 6.64. The number of hydrogen-bond acceptors (Lipinski definition) is 6. The van der Waals surface area contributed by atoms with Gasteiger partial charge < -0.3 is 19.1 Å². The van der Waals surface area contributed by atoms with Crippen LogP contribution in [-0.2, 0) is 14.6 Å². The molecule has 8 nitrogen and oxygen atoms in total. The maximum atomic E-state index is 13.2. The molecule has 0 spiro atoms. The summed E-state index contributed by atoms with van der Waals surface area (Å²) in [5, 5.41) is 0. The predicted octanol–water partition coefficient (Wildman–Crippen LogP) is 3.58. The predicted molar refractivity (Wildman–Crippen MR) is 136 cm³/mol. The number of nitrogens with zero attached hydrogens (tertiary/aromatic N) is 3. The Balaban J connectivity index is 1.48. The molecule has 1 saturated heterocycles. The van der Waals surface area contributed by atoms with Crippen LogP contribution < -0.4 is 14.7 Å². The van der Waals surface area contributed by atoms with Crippen LogP contribution in [0.15, 0.2) is 65.3 Å². The van der Waals surface area contributed by atoms with E-state index in [4.69, 9.17) is 4.42 Å². The molecule has 2 aliphatic rings. The Morgan fingerprint density at radius 1 is 0.943 bits per heavy atom. The molecule has 35 heavy (non-hydrogen) atoms. The van der Waals surface area contributed by atoms with E-state index in [9.17, 15) is 18.0 Å². The minimum absolute atomic E-state index is 0.0792. The fourth-order valence-electron chi connectivity index (χ4n) is 4.85. The number of carbonyl (C=O) groups is 2. The summed E-state index contributed by atoms with van der Waals surface area (Å²) in [6.07, 6.45) is 1.47. The van der Waals surface area contributed by atoms with Gasteiger partial charge in [-0.1, -0.05) is 18.2 Å². The second-order valence-electron chi connectivity index (χ2n) is 9.02. The average Bonchev–Trinajstić information content (AvgIpc) is 3.38. The van der Waals surface area contributed by atoms with Crippen LogP contribution in [0.1, 0.15) is 24.4 Å². The van der Waals surface area contributed by atoms with Crippen molar-refractivity contribution < 1.29 is 22.4 Å². The molecular weight excluding hydrogens is 466 g/mol. The van der Waals surface area contributed by atoms with Gasteiger partial charge in [-0.05, 0) is 54.4 Å². The second-order valence-corrected chi connectivity index (χ2v) is 11.3. The van der Waals surface area contributed by atoms with Crippen LogP contribution >= 0.6 is 0 Å². The summed E-state index contributed by atoms with van der Waals surface area (Å²) in [4.78, 5) is 31.1. The number of sulfone groups is 1. The van der Waals surface area contributed by atoms with E-state index in [1.54, 1.807) is 21.9 Å². The second kappa shape index (κ2) is 8.88.